The highest BCUT2D eigenvalue weighted by atomic mass is 16.5. The fourth-order valence-corrected chi connectivity index (χ4v) is 1.72. The third-order valence-electron chi connectivity index (χ3n) is 2.73. The predicted molar refractivity (Wildman–Crippen MR) is 70.3 cm³/mol. The molecule has 0 aliphatic rings. The van der Waals surface area contributed by atoms with E-state index in [1.165, 1.54) is 0 Å². The van der Waals surface area contributed by atoms with Gasteiger partial charge in [0.15, 0.2) is 11.5 Å². The largest absolute Gasteiger partial charge is 0.493 e. The van der Waals surface area contributed by atoms with Crippen molar-refractivity contribution in [3.63, 3.8) is 0 Å². The number of hydrogen-bond donors (Lipinski definition) is 1. The first-order valence-electron chi connectivity index (χ1n) is 5.64. The molecule has 2 aromatic rings. The Morgan fingerprint density at radius 3 is 2.26 bits per heavy atom. The highest BCUT2D eigenvalue weighted by Gasteiger charge is 2.12. The lowest BCUT2D eigenvalue weighted by molar-refractivity contribution is -0.438. The second-order valence-electron chi connectivity index (χ2n) is 3.80. The number of benzene rings is 1. The zero-order valence-electron chi connectivity index (χ0n) is 11.1. The lowest BCUT2D eigenvalue weighted by Crippen LogP contribution is -2.16. The standard InChI is InChI=1S/C13H15N3O3/c1-17-10-5-4-8(6-11(10)18-2)9-7-12(19-3)13(14)16-15-9/h4-7H,1-3H3,(H2,14,16)/p+1. The van der Waals surface area contributed by atoms with Crippen molar-refractivity contribution in [3.05, 3.63) is 24.3 Å². The van der Waals surface area contributed by atoms with E-state index >= 15 is 0 Å². The lowest BCUT2D eigenvalue weighted by Gasteiger charge is -2.09. The van der Waals surface area contributed by atoms with Gasteiger partial charge in [0.05, 0.1) is 21.3 Å². The van der Waals surface area contributed by atoms with E-state index in [-0.39, 0.29) is 0 Å². The molecule has 0 aliphatic carbocycles. The molecule has 3 N–H and O–H groups in total. The second kappa shape index (κ2) is 5.43. The van der Waals surface area contributed by atoms with Crippen LogP contribution < -0.4 is 25.0 Å². The zero-order chi connectivity index (χ0) is 13.8. The minimum absolute atomic E-state index is 0.381. The highest BCUT2D eigenvalue weighted by Crippen LogP contribution is 2.32. The number of anilines is 1. The van der Waals surface area contributed by atoms with Crippen LogP contribution in [0.15, 0.2) is 24.3 Å². The van der Waals surface area contributed by atoms with Crippen molar-refractivity contribution < 1.29 is 19.3 Å². The number of aromatic amines is 1. The van der Waals surface area contributed by atoms with Gasteiger partial charge in [0.2, 0.25) is 5.75 Å². The molecular formula is C13H16N3O3+. The zero-order valence-corrected chi connectivity index (χ0v) is 11.1. The van der Waals surface area contributed by atoms with Crippen LogP contribution in [0.1, 0.15) is 0 Å². The van der Waals surface area contributed by atoms with Crippen molar-refractivity contribution in [1.82, 2.24) is 5.10 Å². The maximum absolute atomic E-state index is 5.69. The normalized spacial score (nSPS) is 10.1. The Hall–Kier alpha value is -2.50. The molecule has 19 heavy (non-hydrogen) atoms. The molecule has 0 aliphatic heterocycles. The van der Waals surface area contributed by atoms with Gasteiger partial charge in [0.1, 0.15) is 5.69 Å². The minimum Gasteiger partial charge on any atom is -0.493 e. The average molecular weight is 262 g/mol. The molecule has 0 saturated heterocycles. The molecule has 6 nitrogen and oxygen atoms in total. The smallest absolute Gasteiger partial charge is 0.333 e. The average Bonchev–Trinajstić information content (AvgIpc) is 2.47. The van der Waals surface area contributed by atoms with Gasteiger partial charge in [0.25, 0.3) is 0 Å². The van der Waals surface area contributed by atoms with Crippen molar-refractivity contribution in [3.8, 4) is 28.5 Å². The number of nitrogen functional groups attached to an aromatic ring is 1. The Labute approximate surface area is 111 Å². The maximum Gasteiger partial charge on any atom is 0.333 e. The van der Waals surface area contributed by atoms with E-state index in [2.05, 4.69) is 10.2 Å². The van der Waals surface area contributed by atoms with Crippen molar-refractivity contribution in [1.29, 1.82) is 0 Å². The van der Waals surface area contributed by atoms with E-state index in [4.69, 9.17) is 19.9 Å². The molecule has 0 fully saturated rings. The number of nitrogens with two attached hydrogens (primary N) is 1. The number of ether oxygens (including phenoxy) is 3. The van der Waals surface area contributed by atoms with E-state index in [0.29, 0.717) is 28.8 Å². The van der Waals surface area contributed by atoms with Crippen LogP contribution in [0.5, 0.6) is 17.2 Å². The molecule has 0 saturated carbocycles. The number of rotatable bonds is 4. The predicted octanol–water partition coefficient (Wildman–Crippen LogP) is 1.17. The fourth-order valence-electron chi connectivity index (χ4n) is 1.72. The molecule has 0 atom stereocenters. The van der Waals surface area contributed by atoms with Gasteiger partial charge in [-0.15, -0.1) is 5.10 Å². The SMILES string of the molecule is COc1ccc(-c2cc(OC)c(N)[nH+]n2)cc1OC. The van der Waals surface area contributed by atoms with Crippen LogP contribution in [-0.2, 0) is 0 Å². The summed E-state index contributed by atoms with van der Waals surface area (Å²) in [6.07, 6.45) is 0. The Morgan fingerprint density at radius 2 is 1.63 bits per heavy atom. The highest BCUT2D eigenvalue weighted by molar-refractivity contribution is 5.65. The number of H-pyrrole nitrogens is 1. The van der Waals surface area contributed by atoms with Crippen molar-refractivity contribution in [2.45, 2.75) is 0 Å². The summed E-state index contributed by atoms with van der Waals surface area (Å²) < 4.78 is 15.6. The fraction of sp³-hybridized carbons (Fsp3) is 0.231. The molecule has 1 aromatic heterocycles. The Morgan fingerprint density at radius 1 is 0.947 bits per heavy atom. The summed E-state index contributed by atoms with van der Waals surface area (Å²) in [7, 11) is 4.73. The molecule has 1 heterocycles. The number of hydrogen-bond acceptors (Lipinski definition) is 5. The van der Waals surface area contributed by atoms with E-state index in [1.54, 1.807) is 27.4 Å². The second-order valence-corrected chi connectivity index (χ2v) is 3.80. The third-order valence-corrected chi connectivity index (χ3v) is 2.73. The van der Waals surface area contributed by atoms with Crippen molar-refractivity contribution in [2.24, 2.45) is 0 Å². The molecule has 6 heteroatoms. The molecule has 1 aromatic carbocycles. The topological polar surface area (TPSA) is 80.7 Å². The summed E-state index contributed by atoms with van der Waals surface area (Å²) in [5.41, 5.74) is 7.26. The summed E-state index contributed by atoms with van der Waals surface area (Å²) in [6.45, 7) is 0. The van der Waals surface area contributed by atoms with Crippen LogP contribution in [0.3, 0.4) is 0 Å². The van der Waals surface area contributed by atoms with Gasteiger partial charge in [0, 0.05) is 11.6 Å². The summed E-state index contributed by atoms with van der Waals surface area (Å²) in [5, 5.41) is 6.88. The first-order chi connectivity index (χ1) is 9.19. The lowest BCUT2D eigenvalue weighted by atomic mass is 10.1. The van der Waals surface area contributed by atoms with E-state index in [0.717, 1.165) is 5.56 Å². The summed E-state index contributed by atoms with van der Waals surface area (Å²) in [5.74, 6) is 2.22. The first-order valence-corrected chi connectivity index (χ1v) is 5.64. The molecule has 0 bridgehead atoms. The quantitative estimate of drug-likeness (QED) is 0.894. The van der Waals surface area contributed by atoms with Crippen LogP contribution in [0.4, 0.5) is 5.82 Å². The molecule has 0 radical (unpaired) electrons. The summed E-state index contributed by atoms with van der Waals surface area (Å²) in [4.78, 5) is 0. The number of aromatic nitrogens is 2. The van der Waals surface area contributed by atoms with Gasteiger partial charge in [-0.2, -0.15) is 0 Å². The number of methoxy groups -OCH3 is 3. The van der Waals surface area contributed by atoms with E-state index in [1.807, 2.05) is 18.2 Å². The third kappa shape index (κ3) is 2.52. The van der Waals surface area contributed by atoms with Gasteiger partial charge >= 0.3 is 5.82 Å². The first kappa shape index (κ1) is 12.9. The van der Waals surface area contributed by atoms with Crippen LogP contribution in [0.25, 0.3) is 11.3 Å². The minimum atomic E-state index is 0.381. The van der Waals surface area contributed by atoms with Gasteiger partial charge in [-0.3, -0.25) is 5.73 Å². The van der Waals surface area contributed by atoms with Crippen LogP contribution >= 0.6 is 0 Å². The number of nitrogens with zero attached hydrogens (tertiary/aromatic N) is 1. The Balaban J connectivity index is 2.47. The summed E-state index contributed by atoms with van der Waals surface area (Å²) >= 11 is 0. The summed E-state index contributed by atoms with van der Waals surface area (Å²) in [6, 6.07) is 7.30. The Kier molecular flexibility index (Phi) is 3.70. The van der Waals surface area contributed by atoms with Crippen LogP contribution in [-0.4, -0.2) is 26.4 Å². The van der Waals surface area contributed by atoms with Gasteiger partial charge in [-0.05, 0) is 18.2 Å². The Bertz CT molecular complexity index is 587. The van der Waals surface area contributed by atoms with E-state index < -0.39 is 0 Å². The van der Waals surface area contributed by atoms with Crippen molar-refractivity contribution >= 4 is 5.82 Å². The van der Waals surface area contributed by atoms with Gasteiger partial charge in [-0.1, -0.05) is 5.10 Å². The molecule has 100 valence electrons. The van der Waals surface area contributed by atoms with Crippen molar-refractivity contribution in [2.75, 3.05) is 27.1 Å². The monoisotopic (exact) mass is 262 g/mol. The molecular weight excluding hydrogens is 246 g/mol. The van der Waals surface area contributed by atoms with Crippen LogP contribution in [0.2, 0.25) is 0 Å². The molecule has 0 spiro atoms. The molecule has 2 rings (SSSR count). The van der Waals surface area contributed by atoms with Crippen LogP contribution in [0, 0.1) is 0 Å². The van der Waals surface area contributed by atoms with E-state index in [9.17, 15) is 0 Å². The molecule has 0 amide bonds. The maximum atomic E-state index is 5.69. The van der Waals surface area contributed by atoms with Gasteiger partial charge < -0.3 is 14.2 Å². The van der Waals surface area contributed by atoms with Gasteiger partial charge in [-0.25, -0.2) is 0 Å². The molecule has 0 unspecified atom stereocenters. The number of nitrogens with one attached hydrogen (secondary N) is 1.